The van der Waals surface area contributed by atoms with Gasteiger partial charge in [-0.2, -0.15) is 0 Å². The highest BCUT2D eigenvalue weighted by molar-refractivity contribution is 8.03. The molecule has 19 heavy (non-hydrogen) atoms. The Morgan fingerprint density at radius 3 is 2.58 bits per heavy atom. The number of hydrogen-bond acceptors (Lipinski definition) is 4. The first-order valence-corrected chi connectivity index (χ1v) is 6.70. The van der Waals surface area contributed by atoms with Gasteiger partial charge in [-0.05, 0) is 24.3 Å². The minimum Gasteiger partial charge on any atom is -0.477 e. The number of hydrogen-bond donors (Lipinski definition) is 2. The largest absolute Gasteiger partial charge is 0.477 e. The van der Waals surface area contributed by atoms with Crippen LogP contribution in [0.25, 0.3) is 0 Å². The Labute approximate surface area is 114 Å². The lowest BCUT2D eigenvalue weighted by molar-refractivity contribution is -0.147. The molecule has 0 spiro atoms. The molecule has 1 atom stereocenters. The molecule has 3 N–H and O–H groups in total. The number of amides is 1. The van der Waals surface area contributed by atoms with Gasteiger partial charge in [0.2, 0.25) is 5.91 Å². The normalized spacial score (nSPS) is 21.4. The zero-order chi connectivity index (χ0) is 13.6. The Hall–Kier alpha value is -1.95. The van der Waals surface area contributed by atoms with Crippen molar-refractivity contribution in [3.8, 4) is 0 Å². The van der Waals surface area contributed by atoms with Gasteiger partial charge in [-0.15, -0.1) is 0 Å². The molecule has 5 nitrogen and oxygen atoms in total. The molecule has 1 unspecified atom stereocenters. The molecular formula is C13H12N2O3S. The number of nitrogen functional groups attached to an aromatic ring is 1. The summed E-state index contributed by atoms with van der Waals surface area (Å²) in [4.78, 5) is 25.9. The summed E-state index contributed by atoms with van der Waals surface area (Å²) in [6.07, 6.45) is 1.07. The lowest BCUT2D eigenvalue weighted by atomic mass is 10.0. The maximum atomic E-state index is 11.5. The van der Waals surface area contributed by atoms with E-state index in [1.807, 2.05) is 12.1 Å². The van der Waals surface area contributed by atoms with Crippen LogP contribution in [-0.2, 0) is 9.59 Å². The number of carbonyl (C=O) groups is 2. The highest BCUT2D eigenvalue weighted by Gasteiger charge is 2.47. The van der Waals surface area contributed by atoms with Crippen molar-refractivity contribution in [2.45, 2.75) is 23.8 Å². The van der Waals surface area contributed by atoms with Gasteiger partial charge in [0.15, 0.2) is 0 Å². The fraction of sp³-hybridized carbons (Fsp3) is 0.231. The molecule has 1 aromatic carbocycles. The zero-order valence-electron chi connectivity index (χ0n) is 10.00. The van der Waals surface area contributed by atoms with Crippen LogP contribution in [0.4, 0.5) is 5.69 Å². The van der Waals surface area contributed by atoms with E-state index in [-0.39, 0.29) is 17.6 Å². The van der Waals surface area contributed by atoms with Gasteiger partial charge in [0.05, 0.1) is 6.04 Å². The van der Waals surface area contributed by atoms with Crippen LogP contribution >= 0.6 is 11.8 Å². The molecule has 0 bridgehead atoms. The molecule has 1 aromatic rings. The molecule has 1 saturated heterocycles. The average molecular weight is 276 g/mol. The number of β-lactam (4-membered cyclic amide) rings is 1. The second-order valence-corrected chi connectivity index (χ2v) is 5.74. The number of carbonyl (C=O) groups excluding carboxylic acids is 1. The van der Waals surface area contributed by atoms with E-state index in [9.17, 15) is 14.7 Å². The monoisotopic (exact) mass is 276 g/mol. The highest BCUT2D eigenvalue weighted by Crippen LogP contribution is 2.45. The number of fused-ring (bicyclic) bond motifs is 1. The van der Waals surface area contributed by atoms with E-state index in [4.69, 9.17) is 5.73 Å². The van der Waals surface area contributed by atoms with Crippen LogP contribution in [0.1, 0.15) is 12.8 Å². The van der Waals surface area contributed by atoms with Crippen molar-refractivity contribution >= 4 is 29.3 Å². The molecular weight excluding hydrogens is 264 g/mol. The second-order valence-electron chi connectivity index (χ2n) is 4.57. The van der Waals surface area contributed by atoms with Crippen LogP contribution in [0, 0.1) is 0 Å². The summed E-state index contributed by atoms with van der Waals surface area (Å²) in [5.74, 6) is -1.14. The molecule has 2 aliphatic rings. The standard InChI is InChI=1S/C13H12N2O3S/c14-7-1-3-9(4-2-7)19-10-5-8-6-11(16)15(8)12(10)13(17)18/h1-4,8H,5-6,14H2,(H,17,18). The number of benzene rings is 1. The van der Waals surface area contributed by atoms with Crippen molar-refractivity contribution in [1.82, 2.24) is 4.90 Å². The topological polar surface area (TPSA) is 83.6 Å². The summed E-state index contributed by atoms with van der Waals surface area (Å²) in [6.45, 7) is 0. The third kappa shape index (κ3) is 1.98. The van der Waals surface area contributed by atoms with Crippen LogP contribution in [0.15, 0.2) is 39.8 Å². The molecule has 2 aliphatic heterocycles. The summed E-state index contributed by atoms with van der Waals surface area (Å²) >= 11 is 1.40. The highest BCUT2D eigenvalue weighted by atomic mass is 32.2. The third-order valence-electron chi connectivity index (χ3n) is 3.29. The molecule has 98 valence electrons. The SMILES string of the molecule is Nc1ccc(SC2=C(C(=O)O)N3C(=O)CC3C2)cc1. The van der Waals surface area contributed by atoms with E-state index in [2.05, 4.69) is 0 Å². The quantitative estimate of drug-likeness (QED) is 0.648. The Bertz CT molecular complexity index is 594. The van der Waals surface area contributed by atoms with Crippen LogP contribution in [0.2, 0.25) is 0 Å². The Morgan fingerprint density at radius 1 is 1.32 bits per heavy atom. The lowest BCUT2D eigenvalue weighted by Gasteiger charge is -2.34. The van der Waals surface area contributed by atoms with E-state index in [0.717, 1.165) is 9.80 Å². The van der Waals surface area contributed by atoms with Crippen LogP contribution in [0.3, 0.4) is 0 Å². The second kappa shape index (κ2) is 4.31. The fourth-order valence-corrected chi connectivity index (χ4v) is 3.50. The van der Waals surface area contributed by atoms with Crippen molar-refractivity contribution in [2.24, 2.45) is 0 Å². The zero-order valence-corrected chi connectivity index (χ0v) is 10.8. The van der Waals surface area contributed by atoms with Gasteiger partial charge in [-0.3, -0.25) is 4.79 Å². The summed E-state index contributed by atoms with van der Waals surface area (Å²) in [7, 11) is 0. The summed E-state index contributed by atoms with van der Waals surface area (Å²) in [6, 6.07) is 7.29. The molecule has 0 radical (unpaired) electrons. The van der Waals surface area contributed by atoms with Crippen molar-refractivity contribution in [3.05, 3.63) is 34.9 Å². The lowest BCUT2D eigenvalue weighted by Crippen LogP contribution is -2.49. The minimum atomic E-state index is -1.03. The third-order valence-corrected chi connectivity index (χ3v) is 4.41. The first kappa shape index (κ1) is 12.1. The van der Waals surface area contributed by atoms with Gasteiger partial charge in [0.1, 0.15) is 5.70 Å². The number of thioether (sulfide) groups is 1. The maximum absolute atomic E-state index is 11.5. The predicted octanol–water partition coefficient (Wildman–Crippen LogP) is 1.66. The van der Waals surface area contributed by atoms with E-state index >= 15 is 0 Å². The number of carboxylic acid groups (broad SMARTS) is 1. The van der Waals surface area contributed by atoms with Crippen LogP contribution in [-0.4, -0.2) is 27.9 Å². The van der Waals surface area contributed by atoms with Crippen molar-refractivity contribution in [1.29, 1.82) is 0 Å². The molecule has 0 saturated carbocycles. The average Bonchev–Trinajstić information content (AvgIpc) is 2.65. The number of carboxylic acids is 1. The van der Waals surface area contributed by atoms with Crippen molar-refractivity contribution in [3.63, 3.8) is 0 Å². The fourth-order valence-electron chi connectivity index (χ4n) is 2.39. The maximum Gasteiger partial charge on any atom is 0.353 e. The number of nitrogens with two attached hydrogens (primary N) is 1. The molecule has 1 amide bonds. The van der Waals surface area contributed by atoms with E-state index in [1.165, 1.54) is 16.7 Å². The first-order valence-electron chi connectivity index (χ1n) is 5.88. The van der Waals surface area contributed by atoms with Gasteiger partial charge in [-0.1, -0.05) is 11.8 Å². The number of anilines is 1. The van der Waals surface area contributed by atoms with Gasteiger partial charge < -0.3 is 15.7 Å². The molecule has 3 rings (SSSR count). The van der Waals surface area contributed by atoms with Gasteiger partial charge in [0.25, 0.3) is 0 Å². The minimum absolute atomic E-state index is 0.0369. The first-order chi connectivity index (χ1) is 9.06. The van der Waals surface area contributed by atoms with E-state index < -0.39 is 5.97 Å². The molecule has 1 fully saturated rings. The van der Waals surface area contributed by atoms with Gasteiger partial charge >= 0.3 is 5.97 Å². The number of aliphatic carboxylic acids is 1. The predicted molar refractivity (Wildman–Crippen MR) is 71.2 cm³/mol. The molecule has 0 aromatic heterocycles. The summed E-state index contributed by atoms with van der Waals surface area (Å²) in [5.41, 5.74) is 6.42. The van der Waals surface area contributed by atoms with E-state index in [1.54, 1.807) is 12.1 Å². The molecule has 6 heteroatoms. The molecule has 0 aliphatic carbocycles. The van der Waals surface area contributed by atoms with Crippen LogP contribution < -0.4 is 5.73 Å². The van der Waals surface area contributed by atoms with Crippen molar-refractivity contribution in [2.75, 3.05) is 5.73 Å². The summed E-state index contributed by atoms with van der Waals surface area (Å²) in [5, 5.41) is 9.26. The Balaban J connectivity index is 1.89. The van der Waals surface area contributed by atoms with Crippen LogP contribution in [0.5, 0.6) is 0 Å². The number of rotatable bonds is 3. The number of nitrogens with zero attached hydrogens (tertiary/aromatic N) is 1. The Morgan fingerprint density at radius 2 is 2.00 bits per heavy atom. The van der Waals surface area contributed by atoms with Crippen molar-refractivity contribution < 1.29 is 14.7 Å². The van der Waals surface area contributed by atoms with Gasteiger partial charge in [-0.25, -0.2) is 4.79 Å². The smallest absolute Gasteiger partial charge is 0.353 e. The summed E-state index contributed by atoms with van der Waals surface area (Å²) < 4.78 is 0. The van der Waals surface area contributed by atoms with E-state index in [0.29, 0.717) is 18.5 Å². The Kier molecular flexibility index (Phi) is 2.74. The van der Waals surface area contributed by atoms with Gasteiger partial charge in [0, 0.05) is 28.3 Å². The molecule has 2 heterocycles.